The van der Waals surface area contributed by atoms with Crippen molar-refractivity contribution in [2.45, 2.75) is 20.8 Å². The molecule has 0 spiro atoms. The van der Waals surface area contributed by atoms with Crippen molar-refractivity contribution in [3.63, 3.8) is 0 Å². The smallest absolute Gasteiger partial charge is 0.365 e. The van der Waals surface area contributed by atoms with Crippen LogP contribution in [-0.2, 0) is 9.63 Å². The van der Waals surface area contributed by atoms with E-state index in [-0.39, 0.29) is 11.7 Å². The first kappa shape index (κ1) is 16.7. The Kier molecular flexibility index (Phi) is 5.11. The van der Waals surface area contributed by atoms with E-state index in [1.807, 2.05) is 13.8 Å². The van der Waals surface area contributed by atoms with Crippen molar-refractivity contribution in [1.82, 2.24) is 0 Å². The molecule has 0 saturated heterocycles. The molecule has 5 heteroatoms. The first-order chi connectivity index (χ1) is 10.9. The molecule has 1 aromatic rings. The van der Waals surface area contributed by atoms with Crippen molar-refractivity contribution in [1.29, 1.82) is 0 Å². The van der Waals surface area contributed by atoms with Crippen LogP contribution in [0.25, 0.3) is 0 Å². The van der Waals surface area contributed by atoms with Gasteiger partial charge in [0.05, 0.1) is 12.7 Å². The second-order valence-electron chi connectivity index (χ2n) is 5.53. The Bertz CT molecular complexity index is 726. The molecule has 0 saturated carbocycles. The Morgan fingerprint density at radius 1 is 1.22 bits per heavy atom. The van der Waals surface area contributed by atoms with Crippen LogP contribution in [0.3, 0.4) is 0 Å². The fourth-order valence-electron chi connectivity index (χ4n) is 2.13. The van der Waals surface area contributed by atoms with Crippen LogP contribution in [0, 0.1) is 5.92 Å². The summed E-state index contributed by atoms with van der Waals surface area (Å²) in [4.78, 5) is 28.9. The van der Waals surface area contributed by atoms with Crippen molar-refractivity contribution in [2.75, 3.05) is 7.11 Å². The maximum absolute atomic E-state index is 12.0. The molecular formula is C18H19NO4. The van der Waals surface area contributed by atoms with Crippen LogP contribution in [0.1, 0.15) is 31.1 Å². The lowest BCUT2D eigenvalue weighted by Crippen LogP contribution is -2.16. The van der Waals surface area contributed by atoms with Gasteiger partial charge in [-0.3, -0.25) is 4.79 Å². The normalized spacial score (nSPS) is 16.2. The summed E-state index contributed by atoms with van der Waals surface area (Å²) in [5, 5.41) is 3.89. The summed E-state index contributed by atoms with van der Waals surface area (Å²) < 4.78 is 5.07. The Morgan fingerprint density at radius 3 is 2.61 bits per heavy atom. The number of oxime groups is 1. The first-order valence-corrected chi connectivity index (χ1v) is 7.30. The molecule has 1 aromatic carbocycles. The zero-order valence-electron chi connectivity index (χ0n) is 13.6. The van der Waals surface area contributed by atoms with Gasteiger partial charge in [0.2, 0.25) is 0 Å². The van der Waals surface area contributed by atoms with Crippen molar-refractivity contribution in [3.05, 3.63) is 53.1 Å². The average molecular weight is 313 g/mol. The van der Waals surface area contributed by atoms with Gasteiger partial charge >= 0.3 is 5.97 Å². The number of carbonyl (C=O) groups excluding carboxylic acids is 2. The summed E-state index contributed by atoms with van der Waals surface area (Å²) in [6.07, 6.45) is 3.18. The minimum atomic E-state index is -0.583. The van der Waals surface area contributed by atoms with E-state index in [1.165, 1.54) is 13.2 Å². The third-order valence-corrected chi connectivity index (χ3v) is 3.48. The number of hydrogen-bond donors (Lipinski definition) is 0. The van der Waals surface area contributed by atoms with Crippen LogP contribution in [0.2, 0.25) is 0 Å². The van der Waals surface area contributed by atoms with Gasteiger partial charge in [-0.25, -0.2) is 4.79 Å². The van der Waals surface area contributed by atoms with Gasteiger partial charge in [-0.2, -0.15) is 0 Å². The van der Waals surface area contributed by atoms with Crippen molar-refractivity contribution in [2.24, 2.45) is 11.1 Å². The molecule has 0 fully saturated rings. The Labute approximate surface area is 135 Å². The van der Waals surface area contributed by atoms with Crippen molar-refractivity contribution >= 4 is 17.5 Å². The second kappa shape index (κ2) is 7.05. The molecule has 0 radical (unpaired) electrons. The van der Waals surface area contributed by atoms with Gasteiger partial charge < -0.3 is 9.57 Å². The quantitative estimate of drug-likeness (QED) is 0.486. The molecule has 0 heterocycles. The summed E-state index contributed by atoms with van der Waals surface area (Å²) in [6, 6.07) is 6.63. The summed E-state index contributed by atoms with van der Waals surface area (Å²) in [5.74, 6) is 0.0238. The maximum Gasteiger partial charge on any atom is 0.365 e. The molecule has 23 heavy (non-hydrogen) atoms. The first-order valence-electron chi connectivity index (χ1n) is 7.30. The number of carbonyl (C=O) groups is 2. The zero-order valence-corrected chi connectivity index (χ0v) is 13.6. The minimum absolute atomic E-state index is 0.0319. The molecule has 0 N–H and O–H groups in total. The van der Waals surface area contributed by atoms with Gasteiger partial charge in [0.15, 0.2) is 5.78 Å². The molecule has 1 aliphatic carbocycles. The monoisotopic (exact) mass is 313 g/mol. The lowest BCUT2D eigenvalue weighted by atomic mass is 9.90. The summed E-state index contributed by atoms with van der Waals surface area (Å²) in [7, 11) is 1.52. The number of ketones is 1. The molecular weight excluding hydrogens is 294 g/mol. The number of nitrogens with zero attached hydrogens (tertiary/aromatic N) is 1. The molecule has 0 atom stereocenters. The van der Waals surface area contributed by atoms with Crippen LogP contribution in [0.4, 0.5) is 0 Å². The van der Waals surface area contributed by atoms with Crippen LogP contribution in [-0.4, -0.2) is 24.6 Å². The number of ether oxygens (including phenoxy) is 1. The summed E-state index contributed by atoms with van der Waals surface area (Å²) in [6.45, 7) is 5.61. The lowest BCUT2D eigenvalue weighted by molar-refractivity contribution is -0.111. The standard InChI is InChI=1S/C18H19NO4/c1-11(2)15-10-16(12(3)8-17(15)20)19-23-18(21)13-6-5-7-14(9-13)22-4/h5-11H,1-4H3. The van der Waals surface area contributed by atoms with Crippen molar-refractivity contribution in [3.8, 4) is 5.75 Å². The van der Waals surface area contributed by atoms with Gasteiger partial charge in [-0.05, 0) is 48.8 Å². The van der Waals surface area contributed by atoms with E-state index in [1.54, 1.807) is 37.3 Å². The molecule has 0 amide bonds. The van der Waals surface area contributed by atoms with Gasteiger partial charge in [0.1, 0.15) is 11.5 Å². The topological polar surface area (TPSA) is 65.0 Å². The van der Waals surface area contributed by atoms with Gasteiger partial charge in [0, 0.05) is 5.57 Å². The van der Waals surface area contributed by atoms with Crippen LogP contribution in [0.5, 0.6) is 5.75 Å². The third-order valence-electron chi connectivity index (χ3n) is 3.48. The van der Waals surface area contributed by atoms with Crippen LogP contribution in [0.15, 0.2) is 52.7 Å². The molecule has 5 nitrogen and oxygen atoms in total. The Morgan fingerprint density at radius 2 is 1.96 bits per heavy atom. The molecule has 0 aromatic heterocycles. The fraction of sp³-hybridized carbons (Fsp3) is 0.278. The highest BCUT2D eigenvalue weighted by Gasteiger charge is 2.19. The molecule has 120 valence electrons. The minimum Gasteiger partial charge on any atom is -0.497 e. The van der Waals surface area contributed by atoms with E-state index in [9.17, 15) is 9.59 Å². The lowest BCUT2D eigenvalue weighted by Gasteiger charge is -2.14. The molecule has 1 aliphatic rings. The summed E-state index contributed by atoms with van der Waals surface area (Å²) in [5.41, 5.74) is 2.13. The number of hydrogen-bond acceptors (Lipinski definition) is 5. The molecule has 0 aliphatic heterocycles. The Hall–Kier alpha value is -2.69. The number of allylic oxidation sites excluding steroid dienone is 4. The van der Waals surface area contributed by atoms with Gasteiger partial charge in [-0.15, -0.1) is 0 Å². The average Bonchev–Trinajstić information content (AvgIpc) is 2.53. The molecule has 2 rings (SSSR count). The van der Waals surface area contributed by atoms with E-state index in [0.717, 1.165) is 0 Å². The van der Waals surface area contributed by atoms with Gasteiger partial charge in [-0.1, -0.05) is 25.1 Å². The van der Waals surface area contributed by atoms with E-state index in [4.69, 9.17) is 9.57 Å². The fourth-order valence-corrected chi connectivity index (χ4v) is 2.13. The SMILES string of the molecule is COc1cccc(C(=O)ON=C2C=C(C(C)C)C(=O)C=C2C)c1. The number of methoxy groups -OCH3 is 1. The highest BCUT2D eigenvalue weighted by Crippen LogP contribution is 2.20. The highest BCUT2D eigenvalue weighted by atomic mass is 16.7. The largest absolute Gasteiger partial charge is 0.497 e. The van der Waals surface area contributed by atoms with E-state index in [0.29, 0.717) is 28.2 Å². The van der Waals surface area contributed by atoms with Crippen LogP contribution >= 0.6 is 0 Å². The van der Waals surface area contributed by atoms with E-state index < -0.39 is 5.97 Å². The zero-order chi connectivity index (χ0) is 17.0. The number of rotatable bonds is 4. The third kappa shape index (κ3) is 3.94. The van der Waals surface area contributed by atoms with Crippen molar-refractivity contribution < 1.29 is 19.2 Å². The Balaban J connectivity index is 2.19. The summed E-state index contributed by atoms with van der Waals surface area (Å²) >= 11 is 0. The predicted octanol–water partition coefficient (Wildman–Crippen LogP) is 3.32. The highest BCUT2D eigenvalue weighted by molar-refractivity contribution is 6.21. The van der Waals surface area contributed by atoms with E-state index in [2.05, 4.69) is 5.16 Å². The van der Waals surface area contributed by atoms with E-state index >= 15 is 0 Å². The number of benzene rings is 1. The van der Waals surface area contributed by atoms with Gasteiger partial charge in [0.25, 0.3) is 0 Å². The molecule has 0 bridgehead atoms. The predicted molar refractivity (Wildman–Crippen MR) is 87.5 cm³/mol. The van der Waals surface area contributed by atoms with Crippen LogP contribution < -0.4 is 4.74 Å². The maximum atomic E-state index is 12.0. The second-order valence-corrected chi connectivity index (χ2v) is 5.53. The molecule has 0 unspecified atom stereocenters.